The normalized spacial score (nSPS) is 13.8. The Morgan fingerprint density at radius 2 is 1.84 bits per heavy atom. The van der Waals surface area contributed by atoms with Gasteiger partial charge in [0.2, 0.25) is 0 Å². The summed E-state index contributed by atoms with van der Waals surface area (Å²) in [5.41, 5.74) is 7.58. The first kappa shape index (κ1) is 13.6. The first-order chi connectivity index (χ1) is 9.16. The molecule has 3 N–H and O–H groups in total. The highest BCUT2D eigenvalue weighted by molar-refractivity contribution is 5.30. The molecular formula is C16H19NO2. The molecule has 2 aromatic rings. The summed E-state index contributed by atoms with van der Waals surface area (Å²) in [5.74, 6) is 0.737. The highest BCUT2D eigenvalue weighted by Gasteiger charge is 2.12. The predicted octanol–water partition coefficient (Wildman–Crippen LogP) is 2.65. The van der Waals surface area contributed by atoms with E-state index in [2.05, 4.69) is 0 Å². The average Bonchev–Trinajstić information content (AvgIpc) is 2.45. The number of aliphatic hydroxyl groups excluding tert-OH is 1. The molecule has 0 fully saturated rings. The lowest BCUT2D eigenvalue weighted by atomic mass is 10.0. The van der Waals surface area contributed by atoms with E-state index in [4.69, 9.17) is 10.5 Å². The minimum atomic E-state index is -0.666. The highest BCUT2D eigenvalue weighted by Crippen LogP contribution is 2.21. The molecule has 0 spiro atoms. The molecule has 2 rings (SSSR count). The van der Waals surface area contributed by atoms with Crippen LogP contribution in [0.25, 0.3) is 0 Å². The molecule has 0 aliphatic rings. The van der Waals surface area contributed by atoms with Gasteiger partial charge in [0.05, 0.1) is 6.10 Å². The number of rotatable bonds is 5. The summed E-state index contributed by atoms with van der Waals surface area (Å²) in [4.78, 5) is 0. The fraction of sp³-hybridized carbons (Fsp3) is 0.250. The molecule has 0 aliphatic heterocycles. The number of aliphatic hydroxyl groups is 1. The zero-order valence-corrected chi connectivity index (χ0v) is 11.0. The second-order valence-corrected chi connectivity index (χ2v) is 4.65. The lowest BCUT2D eigenvalue weighted by molar-refractivity contribution is 0.153. The minimum Gasteiger partial charge on any atom is -0.489 e. The number of nitrogens with two attached hydrogens (primary N) is 1. The Balaban J connectivity index is 2.03. The first-order valence-electron chi connectivity index (χ1n) is 6.37. The van der Waals surface area contributed by atoms with Crippen molar-refractivity contribution in [3.05, 3.63) is 65.7 Å². The van der Waals surface area contributed by atoms with Crippen LogP contribution >= 0.6 is 0 Å². The van der Waals surface area contributed by atoms with Crippen molar-refractivity contribution in [2.24, 2.45) is 5.73 Å². The van der Waals surface area contributed by atoms with Gasteiger partial charge in [0.15, 0.2) is 0 Å². The molecule has 0 saturated carbocycles. The smallest absolute Gasteiger partial charge is 0.120 e. The van der Waals surface area contributed by atoms with Crippen LogP contribution in [0.1, 0.15) is 24.2 Å². The largest absolute Gasteiger partial charge is 0.489 e. The van der Waals surface area contributed by atoms with E-state index in [0.29, 0.717) is 6.61 Å². The van der Waals surface area contributed by atoms with Gasteiger partial charge in [-0.25, -0.2) is 0 Å². The van der Waals surface area contributed by atoms with E-state index in [1.54, 1.807) is 6.92 Å². The molecule has 0 bridgehead atoms. The van der Waals surface area contributed by atoms with Gasteiger partial charge in [-0.1, -0.05) is 42.5 Å². The predicted molar refractivity (Wildman–Crippen MR) is 75.8 cm³/mol. The molecule has 3 nitrogen and oxygen atoms in total. The Hall–Kier alpha value is -1.84. The van der Waals surface area contributed by atoms with E-state index in [9.17, 15) is 5.11 Å². The zero-order chi connectivity index (χ0) is 13.7. The maximum absolute atomic E-state index is 9.93. The van der Waals surface area contributed by atoms with Crippen LogP contribution < -0.4 is 10.5 Å². The van der Waals surface area contributed by atoms with Crippen molar-refractivity contribution in [2.75, 3.05) is 0 Å². The third-order valence-corrected chi connectivity index (χ3v) is 2.95. The van der Waals surface area contributed by atoms with Crippen LogP contribution in [0.2, 0.25) is 0 Å². The maximum atomic E-state index is 9.93. The Morgan fingerprint density at radius 3 is 2.53 bits per heavy atom. The summed E-state index contributed by atoms with van der Waals surface area (Å²) in [5, 5.41) is 9.93. The Kier molecular flexibility index (Phi) is 4.55. The van der Waals surface area contributed by atoms with Crippen molar-refractivity contribution < 1.29 is 9.84 Å². The van der Waals surface area contributed by atoms with Crippen LogP contribution in [0.5, 0.6) is 5.75 Å². The van der Waals surface area contributed by atoms with Gasteiger partial charge < -0.3 is 15.6 Å². The van der Waals surface area contributed by atoms with Crippen LogP contribution in [-0.4, -0.2) is 11.1 Å². The van der Waals surface area contributed by atoms with Crippen molar-refractivity contribution >= 4 is 0 Å². The van der Waals surface area contributed by atoms with E-state index < -0.39 is 6.10 Å². The molecule has 1 unspecified atom stereocenters. The van der Waals surface area contributed by atoms with E-state index in [1.165, 1.54) is 0 Å². The zero-order valence-electron chi connectivity index (χ0n) is 11.0. The van der Waals surface area contributed by atoms with E-state index in [0.717, 1.165) is 16.9 Å². The molecule has 0 radical (unpaired) electrons. The molecular weight excluding hydrogens is 238 g/mol. The standard InChI is InChI=1S/C16H19NO2/c1-12(17)16(18)14-8-5-9-15(10-14)19-11-13-6-3-2-4-7-13/h2-10,12,16,18H,11,17H2,1H3/t12-,16?/m1/s1. The van der Waals surface area contributed by atoms with Gasteiger partial charge in [-0.2, -0.15) is 0 Å². The van der Waals surface area contributed by atoms with Crippen molar-refractivity contribution in [1.29, 1.82) is 0 Å². The van der Waals surface area contributed by atoms with Crippen molar-refractivity contribution in [2.45, 2.75) is 25.7 Å². The molecule has 0 saturated heterocycles. The summed E-state index contributed by atoms with van der Waals surface area (Å²) in [6, 6.07) is 17.1. The topological polar surface area (TPSA) is 55.5 Å². The second-order valence-electron chi connectivity index (χ2n) is 4.65. The van der Waals surface area contributed by atoms with Crippen LogP contribution in [0.15, 0.2) is 54.6 Å². The molecule has 0 aromatic heterocycles. The lowest BCUT2D eigenvalue weighted by Crippen LogP contribution is -2.24. The fourth-order valence-corrected chi connectivity index (χ4v) is 1.83. The van der Waals surface area contributed by atoms with Crippen molar-refractivity contribution in [3.63, 3.8) is 0 Å². The monoisotopic (exact) mass is 257 g/mol. The van der Waals surface area contributed by atoms with Gasteiger partial charge in [0, 0.05) is 6.04 Å². The minimum absolute atomic E-state index is 0.302. The molecule has 0 heterocycles. The number of ether oxygens (including phenoxy) is 1. The van der Waals surface area contributed by atoms with Gasteiger partial charge in [0.1, 0.15) is 12.4 Å². The molecule has 19 heavy (non-hydrogen) atoms. The van der Waals surface area contributed by atoms with E-state index >= 15 is 0 Å². The third kappa shape index (κ3) is 3.81. The van der Waals surface area contributed by atoms with Gasteiger partial charge >= 0.3 is 0 Å². The van der Waals surface area contributed by atoms with Crippen LogP contribution in [0.4, 0.5) is 0 Å². The van der Waals surface area contributed by atoms with E-state index in [-0.39, 0.29) is 6.04 Å². The van der Waals surface area contributed by atoms with Gasteiger partial charge in [-0.05, 0) is 30.2 Å². The number of hydrogen-bond donors (Lipinski definition) is 2. The van der Waals surface area contributed by atoms with Crippen LogP contribution in [-0.2, 0) is 6.61 Å². The summed E-state index contributed by atoms with van der Waals surface area (Å²) >= 11 is 0. The molecule has 0 amide bonds. The molecule has 3 heteroatoms. The van der Waals surface area contributed by atoms with Crippen LogP contribution in [0, 0.1) is 0 Å². The third-order valence-electron chi connectivity index (χ3n) is 2.95. The van der Waals surface area contributed by atoms with Gasteiger partial charge in [0.25, 0.3) is 0 Å². The van der Waals surface area contributed by atoms with Crippen molar-refractivity contribution in [1.82, 2.24) is 0 Å². The maximum Gasteiger partial charge on any atom is 0.120 e. The van der Waals surface area contributed by atoms with E-state index in [1.807, 2.05) is 54.6 Å². The summed E-state index contributed by atoms with van der Waals surface area (Å²) in [6.45, 7) is 2.29. The Bertz CT molecular complexity index is 511. The first-order valence-corrected chi connectivity index (χ1v) is 6.37. The van der Waals surface area contributed by atoms with Crippen molar-refractivity contribution in [3.8, 4) is 5.75 Å². The quantitative estimate of drug-likeness (QED) is 0.865. The number of benzene rings is 2. The SMILES string of the molecule is C[C@@H](N)C(O)c1cccc(OCc2ccccc2)c1. The molecule has 100 valence electrons. The average molecular weight is 257 g/mol. The Morgan fingerprint density at radius 1 is 1.11 bits per heavy atom. The summed E-state index contributed by atoms with van der Waals surface area (Å²) in [6.07, 6.45) is -0.666. The van der Waals surface area contributed by atoms with Crippen LogP contribution in [0.3, 0.4) is 0 Å². The summed E-state index contributed by atoms with van der Waals surface area (Å²) in [7, 11) is 0. The highest BCUT2D eigenvalue weighted by atomic mass is 16.5. The van der Waals surface area contributed by atoms with Gasteiger partial charge in [-0.15, -0.1) is 0 Å². The fourth-order valence-electron chi connectivity index (χ4n) is 1.83. The lowest BCUT2D eigenvalue weighted by Gasteiger charge is -2.16. The second kappa shape index (κ2) is 6.36. The molecule has 2 aromatic carbocycles. The summed E-state index contributed by atoms with van der Waals surface area (Å²) < 4.78 is 5.71. The molecule has 0 aliphatic carbocycles. The van der Waals surface area contributed by atoms with Gasteiger partial charge in [-0.3, -0.25) is 0 Å². The number of hydrogen-bond acceptors (Lipinski definition) is 3. The molecule has 2 atom stereocenters. The Labute approximate surface area is 113 Å².